The summed E-state index contributed by atoms with van der Waals surface area (Å²) in [6, 6.07) is 3.96. The number of ether oxygens (including phenoxy) is 1. The van der Waals surface area contributed by atoms with Crippen molar-refractivity contribution in [3.8, 4) is 0 Å². The molecule has 4 heteroatoms. The topological polar surface area (TPSA) is 65.2 Å². The Hall–Kier alpha value is -1.42. The number of carbonyl (C=O) groups is 1. The average molecular weight is 222 g/mol. The Labute approximate surface area is 95.8 Å². The maximum absolute atomic E-state index is 10.9. The van der Waals surface area contributed by atoms with Gasteiger partial charge in [-0.3, -0.25) is 9.78 Å². The number of amides is 1. The molecule has 88 valence electrons. The third kappa shape index (κ3) is 4.40. The first-order valence-corrected chi connectivity index (χ1v) is 5.54. The van der Waals surface area contributed by atoms with Crippen LogP contribution in [-0.4, -0.2) is 23.6 Å². The van der Waals surface area contributed by atoms with Gasteiger partial charge in [-0.1, -0.05) is 6.92 Å². The number of hydrogen-bond acceptors (Lipinski definition) is 3. The largest absolute Gasteiger partial charge is 0.368 e. The monoisotopic (exact) mass is 222 g/mol. The van der Waals surface area contributed by atoms with Crippen LogP contribution in [-0.2, 0) is 16.0 Å². The SMILES string of the molecule is CCC(OCCCc1ccncc1)C(N)=O. The van der Waals surface area contributed by atoms with E-state index in [1.54, 1.807) is 12.4 Å². The zero-order chi connectivity index (χ0) is 11.8. The lowest BCUT2D eigenvalue weighted by Crippen LogP contribution is -2.30. The van der Waals surface area contributed by atoms with E-state index in [-0.39, 0.29) is 5.91 Å². The van der Waals surface area contributed by atoms with Crippen LogP contribution >= 0.6 is 0 Å². The lowest BCUT2D eigenvalue weighted by Gasteiger charge is -2.11. The van der Waals surface area contributed by atoms with Gasteiger partial charge in [0.2, 0.25) is 5.91 Å². The minimum Gasteiger partial charge on any atom is -0.368 e. The van der Waals surface area contributed by atoms with Crippen LogP contribution in [0.1, 0.15) is 25.3 Å². The molecule has 4 nitrogen and oxygen atoms in total. The summed E-state index contributed by atoms with van der Waals surface area (Å²) < 4.78 is 5.38. The molecule has 1 rings (SSSR count). The molecule has 0 spiro atoms. The van der Waals surface area contributed by atoms with Crippen LogP contribution < -0.4 is 5.73 Å². The molecule has 2 N–H and O–H groups in total. The van der Waals surface area contributed by atoms with Gasteiger partial charge in [-0.05, 0) is 37.0 Å². The van der Waals surface area contributed by atoms with Gasteiger partial charge in [0.25, 0.3) is 0 Å². The Morgan fingerprint density at radius 2 is 2.19 bits per heavy atom. The Morgan fingerprint density at radius 1 is 1.50 bits per heavy atom. The van der Waals surface area contributed by atoms with E-state index >= 15 is 0 Å². The molecule has 0 aliphatic heterocycles. The van der Waals surface area contributed by atoms with E-state index < -0.39 is 6.10 Å². The van der Waals surface area contributed by atoms with Crippen LogP contribution in [0, 0.1) is 0 Å². The summed E-state index contributed by atoms with van der Waals surface area (Å²) in [5.41, 5.74) is 6.40. The van der Waals surface area contributed by atoms with Crippen LogP contribution in [0.15, 0.2) is 24.5 Å². The van der Waals surface area contributed by atoms with E-state index in [0.29, 0.717) is 13.0 Å². The van der Waals surface area contributed by atoms with Gasteiger partial charge in [-0.25, -0.2) is 0 Å². The molecule has 16 heavy (non-hydrogen) atoms. The van der Waals surface area contributed by atoms with Crippen LogP contribution in [0.3, 0.4) is 0 Å². The van der Waals surface area contributed by atoms with Gasteiger partial charge in [-0.2, -0.15) is 0 Å². The Morgan fingerprint density at radius 3 is 2.75 bits per heavy atom. The summed E-state index contributed by atoms with van der Waals surface area (Å²) in [6.07, 6.45) is 5.54. The molecule has 0 radical (unpaired) electrons. The number of pyridine rings is 1. The zero-order valence-electron chi connectivity index (χ0n) is 9.56. The number of hydrogen-bond donors (Lipinski definition) is 1. The van der Waals surface area contributed by atoms with Crippen molar-refractivity contribution in [2.75, 3.05) is 6.61 Å². The number of carbonyl (C=O) groups excluding carboxylic acids is 1. The molecule has 1 amide bonds. The van der Waals surface area contributed by atoms with Gasteiger partial charge in [-0.15, -0.1) is 0 Å². The van der Waals surface area contributed by atoms with Gasteiger partial charge in [0.1, 0.15) is 6.10 Å². The maximum Gasteiger partial charge on any atom is 0.246 e. The Balaban J connectivity index is 2.19. The summed E-state index contributed by atoms with van der Waals surface area (Å²) in [4.78, 5) is 14.8. The fourth-order valence-electron chi connectivity index (χ4n) is 1.45. The predicted octanol–water partition coefficient (Wildman–Crippen LogP) is 1.29. The van der Waals surface area contributed by atoms with Gasteiger partial charge >= 0.3 is 0 Å². The Kier molecular flexibility index (Phi) is 5.50. The second-order valence-electron chi connectivity index (χ2n) is 3.63. The summed E-state index contributed by atoms with van der Waals surface area (Å²) in [7, 11) is 0. The quantitative estimate of drug-likeness (QED) is 0.707. The second kappa shape index (κ2) is 6.95. The van der Waals surface area contributed by atoms with Crippen molar-refractivity contribution in [3.05, 3.63) is 30.1 Å². The summed E-state index contributed by atoms with van der Waals surface area (Å²) in [5, 5.41) is 0. The molecule has 1 unspecified atom stereocenters. The summed E-state index contributed by atoms with van der Waals surface area (Å²) in [6.45, 7) is 2.45. The van der Waals surface area contributed by atoms with Crippen LogP contribution in [0.5, 0.6) is 0 Å². The second-order valence-corrected chi connectivity index (χ2v) is 3.63. The fourth-order valence-corrected chi connectivity index (χ4v) is 1.45. The number of aryl methyl sites for hydroxylation is 1. The standard InChI is InChI=1S/C12H18N2O2/c1-2-11(12(13)15)16-9-3-4-10-5-7-14-8-6-10/h5-8,11H,2-4,9H2,1H3,(H2,13,15). The molecular formula is C12H18N2O2. The van der Waals surface area contributed by atoms with E-state index in [9.17, 15) is 4.79 Å². The van der Waals surface area contributed by atoms with Crippen molar-refractivity contribution in [2.45, 2.75) is 32.3 Å². The predicted molar refractivity (Wildman–Crippen MR) is 61.8 cm³/mol. The van der Waals surface area contributed by atoms with Crippen LogP contribution in [0.2, 0.25) is 0 Å². The molecular weight excluding hydrogens is 204 g/mol. The lowest BCUT2D eigenvalue weighted by molar-refractivity contribution is -0.129. The number of aromatic nitrogens is 1. The van der Waals surface area contributed by atoms with Crippen molar-refractivity contribution >= 4 is 5.91 Å². The minimum absolute atomic E-state index is 0.383. The van der Waals surface area contributed by atoms with Crippen molar-refractivity contribution < 1.29 is 9.53 Å². The first-order valence-electron chi connectivity index (χ1n) is 5.54. The van der Waals surface area contributed by atoms with Crippen LogP contribution in [0.4, 0.5) is 0 Å². The molecule has 1 atom stereocenters. The summed E-state index contributed by atoms with van der Waals surface area (Å²) in [5.74, 6) is -0.383. The van der Waals surface area contributed by atoms with Gasteiger partial charge in [0, 0.05) is 19.0 Å². The highest BCUT2D eigenvalue weighted by Crippen LogP contribution is 2.03. The molecule has 0 saturated heterocycles. The molecule has 0 fully saturated rings. The molecule has 1 aromatic heterocycles. The first-order chi connectivity index (χ1) is 7.74. The number of primary amides is 1. The molecule has 0 saturated carbocycles. The number of nitrogens with zero attached hydrogens (tertiary/aromatic N) is 1. The highest BCUT2D eigenvalue weighted by Gasteiger charge is 2.12. The van der Waals surface area contributed by atoms with Crippen molar-refractivity contribution in [1.29, 1.82) is 0 Å². The zero-order valence-corrected chi connectivity index (χ0v) is 9.56. The highest BCUT2D eigenvalue weighted by molar-refractivity contribution is 5.78. The summed E-state index contributed by atoms with van der Waals surface area (Å²) >= 11 is 0. The molecule has 1 heterocycles. The first kappa shape index (κ1) is 12.6. The average Bonchev–Trinajstić information content (AvgIpc) is 2.30. The lowest BCUT2D eigenvalue weighted by atomic mass is 10.1. The third-order valence-corrected chi connectivity index (χ3v) is 2.37. The minimum atomic E-state index is -0.447. The molecule has 0 bridgehead atoms. The van der Waals surface area contributed by atoms with Gasteiger partial charge in [0.15, 0.2) is 0 Å². The Bertz CT molecular complexity index is 314. The fraction of sp³-hybridized carbons (Fsp3) is 0.500. The molecule has 0 aliphatic rings. The number of nitrogens with two attached hydrogens (primary N) is 1. The molecule has 1 aromatic rings. The smallest absolute Gasteiger partial charge is 0.246 e. The third-order valence-electron chi connectivity index (χ3n) is 2.37. The van der Waals surface area contributed by atoms with Gasteiger partial charge < -0.3 is 10.5 Å². The highest BCUT2D eigenvalue weighted by atomic mass is 16.5. The number of rotatable bonds is 7. The van der Waals surface area contributed by atoms with E-state index in [0.717, 1.165) is 12.8 Å². The van der Waals surface area contributed by atoms with E-state index in [1.165, 1.54) is 5.56 Å². The van der Waals surface area contributed by atoms with Crippen molar-refractivity contribution in [3.63, 3.8) is 0 Å². The van der Waals surface area contributed by atoms with Gasteiger partial charge in [0.05, 0.1) is 0 Å². The van der Waals surface area contributed by atoms with Crippen LogP contribution in [0.25, 0.3) is 0 Å². The maximum atomic E-state index is 10.9. The van der Waals surface area contributed by atoms with E-state index in [4.69, 9.17) is 10.5 Å². The van der Waals surface area contributed by atoms with E-state index in [1.807, 2.05) is 19.1 Å². The molecule has 0 aromatic carbocycles. The normalized spacial score (nSPS) is 12.3. The van der Waals surface area contributed by atoms with Crippen molar-refractivity contribution in [1.82, 2.24) is 4.98 Å². The van der Waals surface area contributed by atoms with Crippen molar-refractivity contribution in [2.24, 2.45) is 5.73 Å². The molecule has 0 aliphatic carbocycles. The van der Waals surface area contributed by atoms with E-state index in [2.05, 4.69) is 4.98 Å².